The highest BCUT2D eigenvalue weighted by molar-refractivity contribution is 7.10. The Hall–Kier alpha value is -3.45. The van der Waals surface area contributed by atoms with Gasteiger partial charge in [0.1, 0.15) is 0 Å². The Kier molecular flexibility index (Phi) is 5.86. The van der Waals surface area contributed by atoms with Crippen LogP contribution in [0, 0.1) is 12.8 Å². The molecule has 3 aromatic rings. The lowest BCUT2D eigenvalue weighted by molar-refractivity contribution is -0.122. The van der Waals surface area contributed by atoms with E-state index in [0.29, 0.717) is 11.4 Å². The van der Waals surface area contributed by atoms with Gasteiger partial charge in [-0.05, 0) is 54.8 Å². The third-order valence-electron chi connectivity index (χ3n) is 5.28. The van der Waals surface area contributed by atoms with E-state index in [0.717, 1.165) is 16.1 Å². The molecule has 2 heterocycles. The van der Waals surface area contributed by atoms with Gasteiger partial charge in [-0.25, -0.2) is 0 Å². The molecule has 2 unspecified atom stereocenters. The fourth-order valence-electron chi connectivity index (χ4n) is 3.84. The van der Waals surface area contributed by atoms with Crippen molar-refractivity contribution in [3.05, 3.63) is 76.5 Å². The highest BCUT2D eigenvalue weighted by Gasteiger charge is 2.45. The summed E-state index contributed by atoms with van der Waals surface area (Å²) in [5, 5.41) is 7.59. The normalized spacial score (nSPS) is 18.1. The number of hydrogen-bond acceptors (Lipinski definition) is 4. The maximum atomic E-state index is 13.2. The van der Waals surface area contributed by atoms with E-state index >= 15 is 0 Å². The van der Waals surface area contributed by atoms with Gasteiger partial charge in [-0.15, -0.1) is 11.3 Å². The first-order chi connectivity index (χ1) is 14.9. The lowest BCUT2D eigenvalue weighted by Gasteiger charge is -2.27. The Morgan fingerprint density at radius 2 is 1.61 bits per heavy atom. The van der Waals surface area contributed by atoms with E-state index in [1.54, 1.807) is 40.5 Å². The Labute approximate surface area is 184 Å². The SMILES string of the molecule is CC(=O)Nc1ccc(NC(=O)C2CC(=O)N(c3ccc(C)cc3)C2c2cccs2)cc1. The van der Waals surface area contributed by atoms with Crippen LogP contribution in [0.4, 0.5) is 17.1 Å². The molecular formula is C24H23N3O3S. The summed E-state index contributed by atoms with van der Waals surface area (Å²) in [5.74, 6) is -0.934. The summed E-state index contributed by atoms with van der Waals surface area (Å²) in [6, 6.07) is 18.3. The van der Waals surface area contributed by atoms with Gasteiger partial charge >= 0.3 is 0 Å². The van der Waals surface area contributed by atoms with Gasteiger partial charge in [-0.1, -0.05) is 23.8 Å². The van der Waals surface area contributed by atoms with Crippen LogP contribution in [0.15, 0.2) is 66.0 Å². The molecule has 0 radical (unpaired) electrons. The van der Waals surface area contributed by atoms with E-state index in [9.17, 15) is 14.4 Å². The van der Waals surface area contributed by atoms with Crippen molar-refractivity contribution in [1.82, 2.24) is 0 Å². The van der Waals surface area contributed by atoms with Crippen LogP contribution in [0.3, 0.4) is 0 Å². The smallest absolute Gasteiger partial charge is 0.230 e. The van der Waals surface area contributed by atoms with Gasteiger partial charge in [0.2, 0.25) is 17.7 Å². The summed E-state index contributed by atoms with van der Waals surface area (Å²) in [6.07, 6.45) is 0.145. The van der Waals surface area contributed by atoms with E-state index in [-0.39, 0.29) is 30.2 Å². The summed E-state index contributed by atoms with van der Waals surface area (Å²) < 4.78 is 0. The monoisotopic (exact) mass is 433 g/mol. The third-order valence-corrected chi connectivity index (χ3v) is 6.22. The molecule has 2 N–H and O–H groups in total. The van der Waals surface area contributed by atoms with Crippen LogP contribution in [-0.4, -0.2) is 17.7 Å². The lowest BCUT2D eigenvalue weighted by Crippen LogP contribution is -2.32. The highest BCUT2D eigenvalue weighted by Crippen LogP contribution is 2.43. The van der Waals surface area contributed by atoms with Crippen LogP contribution in [-0.2, 0) is 14.4 Å². The first-order valence-corrected chi connectivity index (χ1v) is 10.9. The molecule has 0 bridgehead atoms. The summed E-state index contributed by atoms with van der Waals surface area (Å²) >= 11 is 1.54. The van der Waals surface area contributed by atoms with Gasteiger partial charge in [0.05, 0.1) is 12.0 Å². The maximum Gasteiger partial charge on any atom is 0.230 e. The number of amides is 3. The lowest BCUT2D eigenvalue weighted by atomic mass is 9.97. The van der Waals surface area contributed by atoms with Crippen molar-refractivity contribution in [3.63, 3.8) is 0 Å². The van der Waals surface area contributed by atoms with Crippen LogP contribution < -0.4 is 15.5 Å². The minimum Gasteiger partial charge on any atom is -0.326 e. The van der Waals surface area contributed by atoms with Crippen LogP contribution in [0.5, 0.6) is 0 Å². The van der Waals surface area contributed by atoms with Crippen LogP contribution in [0.2, 0.25) is 0 Å². The number of rotatable bonds is 5. The fraction of sp³-hybridized carbons (Fsp3) is 0.208. The third kappa shape index (κ3) is 4.51. The predicted molar refractivity (Wildman–Crippen MR) is 123 cm³/mol. The van der Waals surface area contributed by atoms with E-state index in [4.69, 9.17) is 0 Å². The van der Waals surface area contributed by atoms with Crippen molar-refractivity contribution < 1.29 is 14.4 Å². The molecule has 7 heteroatoms. The van der Waals surface area contributed by atoms with Gasteiger partial charge in [0, 0.05) is 35.3 Å². The van der Waals surface area contributed by atoms with Crippen molar-refractivity contribution in [2.24, 2.45) is 5.92 Å². The Morgan fingerprint density at radius 1 is 0.968 bits per heavy atom. The number of anilines is 3. The van der Waals surface area contributed by atoms with Crippen molar-refractivity contribution >= 4 is 46.1 Å². The molecule has 0 aliphatic carbocycles. The second-order valence-corrected chi connectivity index (χ2v) is 8.60. The molecule has 1 saturated heterocycles. The maximum absolute atomic E-state index is 13.2. The average molecular weight is 434 g/mol. The molecule has 3 amide bonds. The Morgan fingerprint density at radius 3 is 2.19 bits per heavy atom. The van der Waals surface area contributed by atoms with Gasteiger partial charge in [0.25, 0.3) is 0 Å². The molecule has 0 spiro atoms. The molecule has 2 aromatic carbocycles. The summed E-state index contributed by atoms with van der Waals surface area (Å²) in [7, 11) is 0. The summed E-state index contributed by atoms with van der Waals surface area (Å²) in [5.41, 5.74) is 3.18. The molecule has 6 nitrogen and oxygen atoms in total. The zero-order valence-corrected chi connectivity index (χ0v) is 18.1. The number of hydrogen-bond donors (Lipinski definition) is 2. The first-order valence-electron chi connectivity index (χ1n) is 10.0. The number of carbonyl (C=O) groups is 3. The quantitative estimate of drug-likeness (QED) is 0.610. The summed E-state index contributed by atoms with van der Waals surface area (Å²) in [6.45, 7) is 3.44. The van der Waals surface area contributed by atoms with Crippen molar-refractivity contribution in [3.8, 4) is 0 Å². The van der Waals surface area contributed by atoms with Gasteiger partial charge in [-0.2, -0.15) is 0 Å². The molecule has 4 rings (SSSR count). The molecule has 2 atom stereocenters. The highest BCUT2D eigenvalue weighted by atomic mass is 32.1. The topological polar surface area (TPSA) is 78.5 Å². The van der Waals surface area contributed by atoms with Gasteiger partial charge in [-0.3, -0.25) is 14.4 Å². The molecule has 1 fully saturated rings. The zero-order valence-electron chi connectivity index (χ0n) is 17.3. The molecule has 1 aliphatic rings. The Bertz CT molecular complexity index is 1090. The second kappa shape index (κ2) is 8.73. The van der Waals surface area contributed by atoms with E-state index in [1.807, 2.05) is 48.7 Å². The number of thiophene rings is 1. The number of benzene rings is 2. The van der Waals surface area contributed by atoms with Gasteiger partial charge < -0.3 is 15.5 Å². The van der Waals surface area contributed by atoms with Crippen molar-refractivity contribution in [1.29, 1.82) is 0 Å². The Balaban J connectivity index is 1.59. The van der Waals surface area contributed by atoms with Crippen molar-refractivity contribution in [2.45, 2.75) is 26.3 Å². The van der Waals surface area contributed by atoms with Crippen LogP contribution >= 0.6 is 11.3 Å². The molecular weight excluding hydrogens is 410 g/mol. The number of carbonyl (C=O) groups excluding carboxylic acids is 3. The first kappa shape index (κ1) is 20.8. The molecule has 1 aromatic heterocycles. The minimum atomic E-state index is -0.512. The fourth-order valence-corrected chi connectivity index (χ4v) is 4.72. The summed E-state index contributed by atoms with van der Waals surface area (Å²) in [4.78, 5) is 40.1. The predicted octanol–water partition coefficient (Wildman–Crippen LogP) is 4.75. The second-order valence-electron chi connectivity index (χ2n) is 7.62. The minimum absolute atomic E-state index is 0.0663. The largest absolute Gasteiger partial charge is 0.326 e. The van der Waals surface area contributed by atoms with Crippen LogP contribution in [0.1, 0.15) is 29.8 Å². The number of aryl methyl sites for hydroxylation is 1. The van der Waals surface area contributed by atoms with E-state index in [1.165, 1.54) is 6.92 Å². The van der Waals surface area contributed by atoms with Gasteiger partial charge in [0.15, 0.2) is 0 Å². The molecule has 158 valence electrons. The van der Waals surface area contributed by atoms with Crippen LogP contribution in [0.25, 0.3) is 0 Å². The number of nitrogens with zero attached hydrogens (tertiary/aromatic N) is 1. The molecule has 0 saturated carbocycles. The zero-order chi connectivity index (χ0) is 22.0. The number of nitrogens with one attached hydrogen (secondary N) is 2. The van der Waals surface area contributed by atoms with E-state index < -0.39 is 5.92 Å². The van der Waals surface area contributed by atoms with E-state index in [2.05, 4.69) is 10.6 Å². The molecule has 31 heavy (non-hydrogen) atoms. The van der Waals surface area contributed by atoms with Crippen molar-refractivity contribution in [2.75, 3.05) is 15.5 Å². The average Bonchev–Trinajstić information content (AvgIpc) is 3.37. The molecule has 1 aliphatic heterocycles. The standard InChI is InChI=1S/C24H23N3O3S/c1-15-5-11-19(12-6-15)27-22(29)14-20(23(27)21-4-3-13-31-21)24(30)26-18-9-7-17(8-10-18)25-16(2)28/h3-13,20,23H,14H2,1-2H3,(H,25,28)(H,26,30).